The van der Waals surface area contributed by atoms with Crippen molar-refractivity contribution in [2.24, 2.45) is 5.10 Å². The second kappa shape index (κ2) is 7.81. The van der Waals surface area contributed by atoms with Crippen LogP contribution in [0.3, 0.4) is 0 Å². The number of benzene rings is 2. The molecule has 0 radical (unpaired) electrons. The summed E-state index contributed by atoms with van der Waals surface area (Å²) in [5.41, 5.74) is 0.241. The number of alkyl halides is 3. The van der Waals surface area contributed by atoms with E-state index in [1.165, 1.54) is 31.2 Å². The lowest BCUT2D eigenvalue weighted by Crippen LogP contribution is -2.50. The molecule has 0 bridgehead atoms. The van der Waals surface area contributed by atoms with Crippen LogP contribution in [0.2, 0.25) is 0 Å². The predicted molar refractivity (Wildman–Crippen MR) is 116 cm³/mol. The van der Waals surface area contributed by atoms with E-state index in [1.54, 1.807) is 12.1 Å². The molecule has 2 aliphatic heterocycles. The van der Waals surface area contributed by atoms with E-state index < -0.39 is 20.2 Å². The van der Waals surface area contributed by atoms with Gasteiger partial charge in [-0.15, -0.1) is 0 Å². The van der Waals surface area contributed by atoms with E-state index in [2.05, 4.69) is 11.2 Å². The quantitative estimate of drug-likeness (QED) is 0.351. The highest BCUT2D eigenvalue weighted by Crippen LogP contribution is 2.41. The van der Waals surface area contributed by atoms with Gasteiger partial charge in [0.2, 0.25) is 6.79 Å². The smallest absolute Gasteiger partial charge is 0.296 e. The molecule has 1 atom stereocenters. The third-order valence-electron chi connectivity index (χ3n) is 5.08. The molecule has 0 N–H and O–H groups in total. The second-order valence-electron chi connectivity index (χ2n) is 7.29. The zero-order chi connectivity index (χ0) is 23.3. The third-order valence-corrected chi connectivity index (χ3v) is 5.57. The lowest BCUT2D eigenvalue weighted by molar-refractivity contribution is -0.384. The summed E-state index contributed by atoms with van der Waals surface area (Å²) in [5.74, 6) is -0.0785. The number of hydrazone groups is 1. The summed E-state index contributed by atoms with van der Waals surface area (Å²) in [6.45, 7) is 1.54. The largest absolute Gasteiger partial charge is 0.454 e. The van der Waals surface area contributed by atoms with E-state index in [1.807, 2.05) is 0 Å². The van der Waals surface area contributed by atoms with Crippen LogP contribution in [0.25, 0.3) is 0 Å². The lowest BCUT2D eigenvalue weighted by atomic mass is 9.88. The maximum atomic E-state index is 13.0. The first-order chi connectivity index (χ1) is 15.0. The first kappa shape index (κ1) is 22.1. The Bertz CT molecular complexity index is 1200. The number of nitrogens with zero attached hydrogens (tertiary/aromatic N) is 4. The Kier molecular flexibility index (Phi) is 5.41. The standard InChI is InChI=1S/C20H13Cl3N4O5/c1-19(9-24)8-12-6-15-16(32-10-31-15)7-14(12)17(25-26(19)18(28)20(21,22)23)11-2-4-13(5-3-11)27(29)30/h2-7H,8,10H2,1H3. The van der Waals surface area contributed by atoms with E-state index >= 15 is 0 Å². The Morgan fingerprint density at radius 1 is 1.25 bits per heavy atom. The Balaban J connectivity index is 1.97. The Morgan fingerprint density at radius 2 is 1.88 bits per heavy atom. The number of hydrogen-bond acceptors (Lipinski definition) is 7. The van der Waals surface area contributed by atoms with E-state index in [-0.39, 0.29) is 24.6 Å². The SMILES string of the molecule is CC1(C#N)Cc2cc3c(cc2C(c2ccc([N+](=O)[O-])cc2)=NN1C(=O)C(Cl)(Cl)Cl)OCO3. The summed E-state index contributed by atoms with van der Waals surface area (Å²) in [6, 6.07) is 11.1. The number of nitriles is 1. The van der Waals surface area contributed by atoms with Gasteiger partial charge in [0.05, 0.1) is 16.7 Å². The molecule has 0 fully saturated rings. The van der Waals surface area contributed by atoms with Crippen LogP contribution in [0.5, 0.6) is 11.5 Å². The number of carbonyl (C=O) groups is 1. The average molecular weight is 496 g/mol. The molecule has 0 saturated heterocycles. The summed E-state index contributed by atoms with van der Waals surface area (Å²) >= 11 is 17.5. The molecule has 2 aliphatic rings. The van der Waals surface area contributed by atoms with Crippen LogP contribution in [0.4, 0.5) is 5.69 Å². The molecule has 0 saturated carbocycles. The molecule has 4 rings (SSSR count). The molecule has 2 heterocycles. The van der Waals surface area contributed by atoms with Gasteiger partial charge < -0.3 is 9.47 Å². The summed E-state index contributed by atoms with van der Waals surface area (Å²) in [6.07, 6.45) is 0.0436. The van der Waals surface area contributed by atoms with Gasteiger partial charge in [-0.25, -0.2) is 5.01 Å². The van der Waals surface area contributed by atoms with Crippen molar-refractivity contribution < 1.29 is 19.2 Å². The van der Waals surface area contributed by atoms with E-state index in [0.29, 0.717) is 28.2 Å². The zero-order valence-electron chi connectivity index (χ0n) is 16.3. The van der Waals surface area contributed by atoms with Gasteiger partial charge in [-0.3, -0.25) is 14.9 Å². The van der Waals surface area contributed by atoms with Gasteiger partial charge in [-0.1, -0.05) is 34.8 Å². The fourth-order valence-corrected chi connectivity index (χ4v) is 3.73. The molecule has 0 spiro atoms. The van der Waals surface area contributed by atoms with Crippen molar-refractivity contribution >= 4 is 52.1 Å². The van der Waals surface area contributed by atoms with Crippen LogP contribution in [0.1, 0.15) is 23.6 Å². The van der Waals surface area contributed by atoms with Crippen LogP contribution in [0, 0.1) is 21.4 Å². The highest BCUT2D eigenvalue weighted by molar-refractivity contribution is 6.76. The van der Waals surface area contributed by atoms with Crippen molar-refractivity contribution in [3.8, 4) is 17.6 Å². The minimum Gasteiger partial charge on any atom is -0.454 e. The van der Waals surface area contributed by atoms with Gasteiger partial charge in [0.1, 0.15) is 0 Å². The maximum Gasteiger partial charge on any atom is 0.296 e. The average Bonchev–Trinajstić information content (AvgIpc) is 3.15. The summed E-state index contributed by atoms with van der Waals surface area (Å²) in [5, 5.41) is 26.3. The minimum absolute atomic E-state index is 0.0373. The van der Waals surface area contributed by atoms with Crippen molar-refractivity contribution in [3.05, 3.63) is 63.2 Å². The van der Waals surface area contributed by atoms with E-state index in [0.717, 1.165) is 5.01 Å². The van der Waals surface area contributed by atoms with Crippen molar-refractivity contribution in [2.75, 3.05) is 6.79 Å². The highest BCUT2D eigenvalue weighted by Gasteiger charge is 2.47. The van der Waals surface area contributed by atoms with Gasteiger partial charge >= 0.3 is 0 Å². The molecule has 164 valence electrons. The Morgan fingerprint density at radius 3 is 2.44 bits per heavy atom. The van der Waals surface area contributed by atoms with Gasteiger partial charge in [0, 0.05) is 29.7 Å². The molecule has 1 unspecified atom stereocenters. The van der Waals surface area contributed by atoms with Gasteiger partial charge in [-0.2, -0.15) is 10.4 Å². The molecular weight excluding hydrogens is 483 g/mol. The van der Waals surface area contributed by atoms with E-state index in [9.17, 15) is 20.2 Å². The minimum atomic E-state index is -2.37. The second-order valence-corrected chi connectivity index (χ2v) is 9.57. The molecule has 12 heteroatoms. The summed E-state index contributed by atoms with van der Waals surface area (Å²) in [7, 11) is 0. The lowest BCUT2D eigenvalue weighted by Gasteiger charge is -2.32. The molecule has 9 nitrogen and oxygen atoms in total. The highest BCUT2D eigenvalue weighted by atomic mass is 35.6. The van der Waals surface area contributed by atoms with Crippen molar-refractivity contribution in [1.29, 1.82) is 5.26 Å². The molecule has 0 aromatic heterocycles. The van der Waals surface area contributed by atoms with E-state index in [4.69, 9.17) is 44.3 Å². The molecule has 2 aromatic rings. The third kappa shape index (κ3) is 3.81. The van der Waals surface area contributed by atoms with Crippen LogP contribution in [-0.2, 0) is 11.2 Å². The number of ether oxygens (including phenoxy) is 2. The number of amides is 1. The number of nitro groups is 1. The number of halogens is 3. The molecule has 2 aromatic carbocycles. The maximum absolute atomic E-state index is 13.0. The first-order valence-corrected chi connectivity index (χ1v) is 10.3. The molecule has 0 aliphatic carbocycles. The first-order valence-electron chi connectivity index (χ1n) is 9.12. The normalized spacial score (nSPS) is 19.5. The number of rotatable bonds is 2. The van der Waals surface area contributed by atoms with Crippen molar-refractivity contribution in [2.45, 2.75) is 22.7 Å². The van der Waals surface area contributed by atoms with Crippen LogP contribution >= 0.6 is 34.8 Å². The van der Waals surface area contributed by atoms with Crippen LogP contribution in [0.15, 0.2) is 41.5 Å². The van der Waals surface area contributed by atoms with Crippen LogP contribution < -0.4 is 9.47 Å². The predicted octanol–water partition coefficient (Wildman–Crippen LogP) is 4.11. The molecule has 32 heavy (non-hydrogen) atoms. The van der Waals surface area contributed by atoms with Crippen molar-refractivity contribution in [3.63, 3.8) is 0 Å². The van der Waals surface area contributed by atoms with Gasteiger partial charge in [0.15, 0.2) is 17.0 Å². The van der Waals surface area contributed by atoms with Gasteiger partial charge in [0.25, 0.3) is 15.4 Å². The molecular formula is C20H13Cl3N4O5. The number of carbonyl (C=O) groups excluding carboxylic acids is 1. The number of nitro benzene ring substituents is 1. The fraction of sp³-hybridized carbons (Fsp3) is 0.250. The Labute approximate surface area is 196 Å². The number of fused-ring (bicyclic) bond motifs is 2. The summed E-state index contributed by atoms with van der Waals surface area (Å²) in [4.78, 5) is 23.5. The topological polar surface area (TPSA) is 118 Å². The molecule has 1 amide bonds. The summed E-state index contributed by atoms with van der Waals surface area (Å²) < 4.78 is 8.56. The zero-order valence-corrected chi connectivity index (χ0v) is 18.6. The van der Waals surface area contributed by atoms with Crippen LogP contribution in [-0.4, -0.2) is 37.7 Å². The van der Waals surface area contributed by atoms with Crippen molar-refractivity contribution in [1.82, 2.24) is 5.01 Å². The monoisotopic (exact) mass is 494 g/mol. The number of non-ortho nitro benzene ring substituents is 1. The fourth-order valence-electron chi connectivity index (χ4n) is 3.49. The Hall–Kier alpha value is -3.06. The number of hydrogen-bond donors (Lipinski definition) is 0. The van der Waals surface area contributed by atoms with Gasteiger partial charge in [-0.05, 0) is 36.8 Å².